The van der Waals surface area contributed by atoms with Crippen molar-refractivity contribution in [2.45, 2.75) is 105 Å². The van der Waals surface area contributed by atoms with E-state index in [-0.39, 0.29) is 37.9 Å². The summed E-state index contributed by atoms with van der Waals surface area (Å²) < 4.78 is 23.0. The van der Waals surface area contributed by atoms with Gasteiger partial charge in [-0.3, -0.25) is 23.7 Å². The van der Waals surface area contributed by atoms with E-state index in [0.29, 0.717) is 35.1 Å². The Morgan fingerprint density at radius 2 is 1.51 bits per heavy atom. The van der Waals surface area contributed by atoms with Crippen LogP contribution in [0.25, 0.3) is 11.2 Å². The van der Waals surface area contributed by atoms with E-state index in [0.717, 1.165) is 18.4 Å². The molecular formula is C39H59N9O10S. The fourth-order valence-electron chi connectivity index (χ4n) is 5.15. The van der Waals surface area contributed by atoms with Gasteiger partial charge in [0.25, 0.3) is 0 Å². The molecule has 0 unspecified atom stereocenters. The van der Waals surface area contributed by atoms with E-state index in [9.17, 15) is 28.8 Å². The molecule has 0 saturated heterocycles. The summed E-state index contributed by atoms with van der Waals surface area (Å²) in [5, 5.41) is 11.3. The van der Waals surface area contributed by atoms with E-state index in [4.69, 9.17) is 24.7 Å². The van der Waals surface area contributed by atoms with Gasteiger partial charge < -0.3 is 50.9 Å². The van der Waals surface area contributed by atoms with Crippen molar-refractivity contribution >= 4 is 70.2 Å². The predicted octanol–water partition coefficient (Wildman–Crippen LogP) is 3.57. The highest BCUT2D eigenvalue weighted by atomic mass is 32.2. The van der Waals surface area contributed by atoms with Crippen molar-refractivity contribution in [1.29, 1.82) is 0 Å². The number of hydrogen-bond acceptors (Lipinski definition) is 15. The van der Waals surface area contributed by atoms with Gasteiger partial charge >= 0.3 is 23.7 Å². The first-order valence-electron chi connectivity index (χ1n) is 19.3. The second-order valence-electron chi connectivity index (χ2n) is 15.8. The van der Waals surface area contributed by atoms with Gasteiger partial charge in [0.2, 0.25) is 17.8 Å². The Labute approximate surface area is 348 Å². The molecule has 7 N–H and O–H groups in total. The number of nitrogens with two attached hydrogens (primary N) is 1. The van der Waals surface area contributed by atoms with Crippen molar-refractivity contribution in [2.75, 3.05) is 54.2 Å². The van der Waals surface area contributed by atoms with Gasteiger partial charge in [-0.1, -0.05) is 25.5 Å². The number of nitrogens with one attached hydrogen (secondary N) is 5. The number of hydrogen-bond donors (Lipinski definition) is 6. The number of fused-ring (bicyclic) bond motifs is 1. The highest BCUT2D eigenvalue weighted by molar-refractivity contribution is 7.99. The molecule has 0 saturated carbocycles. The number of carbonyl (C=O) groups excluding carboxylic acids is 5. The van der Waals surface area contributed by atoms with E-state index in [1.54, 1.807) is 65.8 Å². The Balaban J connectivity index is 1.78. The number of imidazole rings is 1. The van der Waals surface area contributed by atoms with Crippen LogP contribution in [0.1, 0.15) is 80.7 Å². The van der Waals surface area contributed by atoms with Crippen molar-refractivity contribution in [3.05, 3.63) is 40.3 Å². The second kappa shape index (κ2) is 22.1. The fraction of sp³-hybridized carbons (Fsp3) is 0.590. The van der Waals surface area contributed by atoms with Gasteiger partial charge in [-0.05, 0) is 65.7 Å². The van der Waals surface area contributed by atoms with Crippen LogP contribution in [0, 0.1) is 5.92 Å². The third-order valence-corrected chi connectivity index (χ3v) is 9.31. The molecule has 0 radical (unpaired) electrons. The second-order valence-corrected chi connectivity index (χ2v) is 16.9. The van der Waals surface area contributed by atoms with Crippen LogP contribution >= 0.6 is 11.8 Å². The number of nitrogens with zero attached hydrogens (tertiary/aromatic N) is 3. The first-order chi connectivity index (χ1) is 27.6. The summed E-state index contributed by atoms with van der Waals surface area (Å²) in [6, 6.07) is 4.40. The Morgan fingerprint density at radius 3 is 2.08 bits per heavy atom. The Bertz CT molecular complexity index is 1940. The third-order valence-electron chi connectivity index (χ3n) is 8.03. The zero-order valence-corrected chi connectivity index (χ0v) is 36.1. The van der Waals surface area contributed by atoms with E-state index in [2.05, 4.69) is 43.1 Å². The number of thioether (sulfide) groups is 1. The van der Waals surface area contributed by atoms with Crippen LogP contribution in [0.15, 0.2) is 29.1 Å². The lowest BCUT2D eigenvalue weighted by molar-refractivity contribution is -0.145. The van der Waals surface area contributed by atoms with Crippen molar-refractivity contribution < 1.29 is 42.9 Å². The Morgan fingerprint density at radius 1 is 0.864 bits per heavy atom. The number of nitrogen functional groups attached to an aromatic ring is 1. The van der Waals surface area contributed by atoms with Crippen LogP contribution in [0.2, 0.25) is 0 Å². The number of aromatic amines is 1. The molecule has 1 aromatic carbocycles. The zero-order valence-electron chi connectivity index (χ0n) is 35.3. The largest absolute Gasteiger partial charge is 0.465 e. The van der Waals surface area contributed by atoms with Gasteiger partial charge in [-0.25, -0.2) is 9.59 Å². The van der Waals surface area contributed by atoms with Gasteiger partial charge in [0, 0.05) is 43.5 Å². The van der Waals surface area contributed by atoms with Crippen molar-refractivity contribution in [3.8, 4) is 0 Å². The van der Waals surface area contributed by atoms with E-state index >= 15 is 0 Å². The van der Waals surface area contributed by atoms with Crippen molar-refractivity contribution in [3.63, 3.8) is 0 Å². The van der Waals surface area contributed by atoms with Crippen molar-refractivity contribution in [2.24, 2.45) is 5.92 Å². The van der Waals surface area contributed by atoms with Crippen LogP contribution in [0.3, 0.4) is 0 Å². The average Bonchev–Trinajstić information content (AvgIpc) is 3.44. The number of esters is 2. The van der Waals surface area contributed by atoms with E-state index in [1.165, 1.54) is 30.2 Å². The SMILES string of the molecule is CCCCNc1nc(N)c2[nH]c(=O)n(Cc3ccc(NC(=O)[C@H](COC(C)(C)C)NC(=O)[C@H](CSCC(COC(C)=O)COC(C)=O)NC(=O)OC(C)(C)C)cc3)c2n1. The quantitative estimate of drug-likeness (QED) is 0.0509. The van der Waals surface area contributed by atoms with Gasteiger partial charge in [-0.15, -0.1) is 0 Å². The molecule has 0 aliphatic heterocycles. The molecule has 0 aliphatic rings. The number of amides is 3. The normalized spacial score (nSPS) is 12.7. The maximum atomic E-state index is 13.8. The van der Waals surface area contributed by atoms with Gasteiger partial charge in [0.1, 0.15) is 23.2 Å². The first-order valence-corrected chi connectivity index (χ1v) is 20.5. The number of unbranched alkanes of at least 4 members (excludes halogenated alkanes) is 1. The summed E-state index contributed by atoms with van der Waals surface area (Å²) in [5.74, 6) is -1.91. The average molecular weight is 846 g/mol. The molecule has 0 aliphatic carbocycles. The number of benzene rings is 1. The van der Waals surface area contributed by atoms with Crippen LogP contribution in [-0.4, -0.2) is 111 Å². The van der Waals surface area contributed by atoms with Crippen LogP contribution in [-0.2, 0) is 44.7 Å². The number of anilines is 3. The predicted molar refractivity (Wildman–Crippen MR) is 225 cm³/mol. The number of carbonyl (C=O) groups is 5. The number of H-pyrrole nitrogens is 1. The molecule has 2 atom stereocenters. The Hall–Kier alpha value is -5.37. The van der Waals surface area contributed by atoms with E-state index in [1.807, 2.05) is 0 Å². The molecule has 59 heavy (non-hydrogen) atoms. The topological polar surface area (TPSA) is 260 Å². The molecule has 0 fully saturated rings. The zero-order chi connectivity index (χ0) is 43.9. The molecule has 0 bridgehead atoms. The third kappa shape index (κ3) is 17.2. The minimum Gasteiger partial charge on any atom is -0.465 e. The minimum absolute atomic E-state index is 0.0203. The maximum Gasteiger partial charge on any atom is 0.408 e. The standard InChI is InChI=1S/C39H59N9O10S/c1-10-11-16-41-35-46-31(40)30-32(47-35)48(36(53)45-30)17-25-12-14-27(15-13-25)42-33(51)28(20-57-38(4,5)6)43-34(52)29(44-37(54)58-39(7,8)9)22-59-21-26(18-55-23(2)49)19-56-24(3)50/h12-15,26,28-29H,10-11,16-22H2,1-9H3,(H,42,51)(H,43,52)(H,44,54)(H,45,53)(H3,40,41,46,47)/t28-,29-/m0/s1. The monoisotopic (exact) mass is 845 g/mol. The summed E-state index contributed by atoms with van der Waals surface area (Å²) in [4.78, 5) is 87.8. The molecule has 2 aromatic heterocycles. The first kappa shape index (κ1) is 48.0. The van der Waals surface area contributed by atoms with Gasteiger partial charge in [0.05, 0.1) is 32.0 Å². The summed E-state index contributed by atoms with van der Waals surface area (Å²) in [7, 11) is 0. The lowest BCUT2D eigenvalue weighted by Crippen LogP contribution is -2.55. The maximum absolute atomic E-state index is 13.8. The lowest BCUT2D eigenvalue weighted by Gasteiger charge is -2.27. The van der Waals surface area contributed by atoms with Crippen molar-refractivity contribution in [1.82, 2.24) is 30.2 Å². The molecule has 0 spiro atoms. The molecule has 3 rings (SSSR count). The number of alkyl carbamates (subject to hydrolysis) is 1. The van der Waals surface area contributed by atoms with Crippen LogP contribution < -0.4 is 32.7 Å². The molecule has 2 heterocycles. The molecule has 326 valence electrons. The number of rotatable bonds is 21. The molecule has 19 nitrogen and oxygen atoms in total. The van der Waals surface area contributed by atoms with Gasteiger partial charge in [-0.2, -0.15) is 21.7 Å². The summed E-state index contributed by atoms with van der Waals surface area (Å²) in [5.41, 5.74) is 5.98. The summed E-state index contributed by atoms with van der Waals surface area (Å²) in [6.07, 6.45) is 1.04. The molecule has 3 amide bonds. The molecular weight excluding hydrogens is 787 g/mol. The summed E-state index contributed by atoms with van der Waals surface area (Å²) >= 11 is 1.24. The minimum atomic E-state index is -1.20. The van der Waals surface area contributed by atoms with Gasteiger partial charge in [0.15, 0.2) is 11.5 Å². The highest BCUT2D eigenvalue weighted by Crippen LogP contribution is 2.19. The van der Waals surface area contributed by atoms with Crippen LogP contribution in [0.4, 0.5) is 22.2 Å². The van der Waals surface area contributed by atoms with Crippen LogP contribution in [0.5, 0.6) is 0 Å². The number of ether oxygens (including phenoxy) is 4. The smallest absolute Gasteiger partial charge is 0.408 e. The Kier molecular flexibility index (Phi) is 18.0. The molecule has 20 heteroatoms. The molecule has 3 aromatic rings. The highest BCUT2D eigenvalue weighted by Gasteiger charge is 2.30. The lowest BCUT2D eigenvalue weighted by atomic mass is 10.1. The fourth-order valence-corrected chi connectivity index (χ4v) is 6.28. The summed E-state index contributed by atoms with van der Waals surface area (Å²) in [6.45, 7) is 15.6. The number of aromatic nitrogens is 4. The van der Waals surface area contributed by atoms with E-state index < -0.39 is 64.7 Å².